The first kappa shape index (κ1) is 9.87. The van der Waals surface area contributed by atoms with Gasteiger partial charge in [0.15, 0.2) is 5.78 Å². The second kappa shape index (κ2) is 4.24. The predicted molar refractivity (Wildman–Crippen MR) is 56.2 cm³/mol. The van der Waals surface area contributed by atoms with Crippen molar-refractivity contribution in [2.45, 2.75) is 18.9 Å². The molecule has 0 radical (unpaired) electrons. The van der Waals surface area contributed by atoms with E-state index in [4.69, 9.17) is 0 Å². The molecular weight excluding hydrogens is 176 g/mol. The van der Waals surface area contributed by atoms with Crippen LogP contribution in [0.1, 0.15) is 12.8 Å². The molecule has 3 heterocycles. The van der Waals surface area contributed by atoms with Crippen molar-refractivity contribution in [2.75, 3.05) is 32.7 Å². The van der Waals surface area contributed by atoms with E-state index in [-0.39, 0.29) is 6.04 Å². The first-order valence-electron chi connectivity index (χ1n) is 5.41. The van der Waals surface area contributed by atoms with Crippen molar-refractivity contribution in [3.05, 3.63) is 12.7 Å². The van der Waals surface area contributed by atoms with Crippen molar-refractivity contribution in [2.24, 2.45) is 0 Å². The molecule has 3 rings (SSSR count). The molecule has 3 aliphatic heterocycles. The van der Waals surface area contributed by atoms with Gasteiger partial charge in [0.2, 0.25) is 0 Å². The molecule has 3 nitrogen and oxygen atoms in total. The van der Waals surface area contributed by atoms with E-state index in [0.29, 0.717) is 12.2 Å². The fraction of sp³-hybridized carbons (Fsp3) is 0.727. The summed E-state index contributed by atoms with van der Waals surface area (Å²) >= 11 is 0. The number of Topliss-reactive ketones (excluding diaryl/α,β-unsaturated/α-hetero) is 1. The van der Waals surface area contributed by atoms with Gasteiger partial charge in [-0.1, -0.05) is 6.08 Å². The van der Waals surface area contributed by atoms with Crippen molar-refractivity contribution < 1.29 is 4.79 Å². The van der Waals surface area contributed by atoms with Crippen LogP contribution in [0.2, 0.25) is 0 Å². The van der Waals surface area contributed by atoms with Gasteiger partial charge in [-0.15, -0.1) is 6.58 Å². The zero-order valence-corrected chi connectivity index (χ0v) is 8.61. The average Bonchev–Trinajstić information content (AvgIpc) is 2.27. The highest BCUT2D eigenvalue weighted by atomic mass is 16.1. The molecule has 78 valence electrons. The van der Waals surface area contributed by atoms with Gasteiger partial charge in [-0.3, -0.25) is 14.6 Å². The third-order valence-electron chi connectivity index (χ3n) is 3.25. The molecule has 3 heteroatoms. The standard InChI is InChI=1S/C11H18N2O/c1-2-3-4-11(14)10-9-12-5-7-13(10)8-6-12/h2,10H,1,3-9H2. The molecule has 0 aromatic rings. The number of rotatable bonds is 4. The number of hydrogen-bond acceptors (Lipinski definition) is 3. The lowest BCUT2D eigenvalue weighted by Crippen LogP contribution is -2.63. The molecule has 3 saturated heterocycles. The number of ketones is 1. The normalized spacial score (nSPS) is 35.6. The van der Waals surface area contributed by atoms with Crippen LogP contribution < -0.4 is 0 Å². The molecule has 0 aromatic carbocycles. The molecule has 0 amide bonds. The van der Waals surface area contributed by atoms with E-state index < -0.39 is 0 Å². The Morgan fingerprint density at radius 3 is 2.57 bits per heavy atom. The van der Waals surface area contributed by atoms with Crippen molar-refractivity contribution >= 4 is 5.78 Å². The molecular formula is C11H18N2O. The minimum Gasteiger partial charge on any atom is -0.299 e. The first-order valence-corrected chi connectivity index (χ1v) is 5.41. The third kappa shape index (κ3) is 1.88. The number of nitrogens with zero attached hydrogens (tertiary/aromatic N) is 2. The van der Waals surface area contributed by atoms with E-state index in [2.05, 4.69) is 16.4 Å². The molecule has 1 unspecified atom stereocenters. The summed E-state index contributed by atoms with van der Waals surface area (Å²) in [5.41, 5.74) is 0. The highest BCUT2D eigenvalue weighted by Gasteiger charge is 2.35. The highest BCUT2D eigenvalue weighted by Crippen LogP contribution is 2.17. The monoisotopic (exact) mass is 194 g/mol. The van der Waals surface area contributed by atoms with Gasteiger partial charge < -0.3 is 0 Å². The summed E-state index contributed by atoms with van der Waals surface area (Å²) in [6.45, 7) is 9.04. The second-order valence-corrected chi connectivity index (χ2v) is 4.15. The van der Waals surface area contributed by atoms with Crippen molar-refractivity contribution in [1.29, 1.82) is 0 Å². The maximum atomic E-state index is 11.8. The van der Waals surface area contributed by atoms with E-state index in [1.54, 1.807) is 0 Å². The number of hydrogen-bond donors (Lipinski definition) is 0. The minimum absolute atomic E-state index is 0.178. The molecule has 0 N–H and O–H groups in total. The van der Waals surface area contributed by atoms with Crippen LogP contribution in [0.3, 0.4) is 0 Å². The number of carbonyl (C=O) groups is 1. The molecule has 0 spiro atoms. The van der Waals surface area contributed by atoms with E-state index in [1.165, 1.54) is 0 Å². The summed E-state index contributed by atoms with van der Waals surface area (Å²) < 4.78 is 0. The smallest absolute Gasteiger partial charge is 0.151 e. The molecule has 3 aliphatic rings. The second-order valence-electron chi connectivity index (χ2n) is 4.15. The number of piperazine rings is 3. The lowest BCUT2D eigenvalue weighted by Gasteiger charge is -2.46. The number of fused-ring (bicyclic) bond motifs is 3. The van der Waals surface area contributed by atoms with E-state index in [1.807, 2.05) is 6.08 Å². The molecule has 0 aromatic heterocycles. The van der Waals surface area contributed by atoms with E-state index >= 15 is 0 Å². The Hall–Kier alpha value is -0.670. The topological polar surface area (TPSA) is 23.6 Å². The Kier molecular flexibility index (Phi) is 2.99. The fourth-order valence-corrected chi connectivity index (χ4v) is 2.33. The Morgan fingerprint density at radius 2 is 2.07 bits per heavy atom. The van der Waals surface area contributed by atoms with Crippen molar-refractivity contribution in [3.8, 4) is 0 Å². The summed E-state index contributed by atoms with van der Waals surface area (Å²) in [6, 6.07) is 0.178. The summed E-state index contributed by atoms with van der Waals surface area (Å²) in [4.78, 5) is 16.6. The number of allylic oxidation sites excluding steroid dienone is 1. The van der Waals surface area contributed by atoms with Gasteiger partial charge in [0.05, 0.1) is 6.04 Å². The molecule has 0 saturated carbocycles. The average molecular weight is 194 g/mol. The zero-order chi connectivity index (χ0) is 9.97. The Labute approximate surface area is 85.4 Å². The summed E-state index contributed by atoms with van der Waals surface area (Å²) in [6.07, 6.45) is 3.32. The van der Waals surface area contributed by atoms with Gasteiger partial charge in [0, 0.05) is 39.1 Å². The molecule has 2 bridgehead atoms. The van der Waals surface area contributed by atoms with Crippen molar-refractivity contribution in [1.82, 2.24) is 9.80 Å². The molecule has 0 aliphatic carbocycles. The first-order chi connectivity index (χ1) is 6.81. The van der Waals surface area contributed by atoms with Gasteiger partial charge in [-0.2, -0.15) is 0 Å². The lowest BCUT2D eigenvalue weighted by atomic mass is 10.0. The van der Waals surface area contributed by atoms with Crippen LogP contribution >= 0.6 is 0 Å². The number of carbonyl (C=O) groups excluding carboxylic acids is 1. The van der Waals surface area contributed by atoms with Crippen LogP contribution in [-0.4, -0.2) is 54.3 Å². The van der Waals surface area contributed by atoms with Crippen LogP contribution in [0, 0.1) is 0 Å². The quantitative estimate of drug-likeness (QED) is 0.610. The fourth-order valence-electron chi connectivity index (χ4n) is 2.33. The maximum Gasteiger partial charge on any atom is 0.151 e. The molecule has 1 atom stereocenters. The van der Waals surface area contributed by atoms with Crippen LogP contribution in [0.25, 0.3) is 0 Å². The summed E-state index contributed by atoms with van der Waals surface area (Å²) in [7, 11) is 0. The van der Waals surface area contributed by atoms with Crippen LogP contribution in [0.5, 0.6) is 0 Å². The van der Waals surface area contributed by atoms with Crippen LogP contribution in [0.15, 0.2) is 12.7 Å². The molecule has 14 heavy (non-hydrogen) atoms. The maximum absolute atomic E-state index is 11.8. The third-order valence-corrected chi connectivity index (χ3v) is 3.25. The van der Waals surface area contributed by atoms with Gasteiger partial charge in [0.1, 0.15) is 0 Å². The zero-order valence-electron chi connectivity index (χ0n) is 8.61. The predicted octanol–water partition coefficient (Wildman–Crippen LogP) is 0.522. The lowest BCUT2D eigenvalue weighted by molar-refractivity contribution is -0.129. The van der Waals surface area contributed by atoms with Gasteiger partial charge in [0.25, 0.3) is 0 Å². The minimum atomic E-state index is 0.178. The van der Waals surface area contributed by atoms with Gasteiger partial charge in [-0.05, 0) is 6.42 Å². The Morgan fingerprint density at radius 1 is 1.36 bits per heavy atom. The van der Waals surface area contributed by atoms with Crippen molar-refractivity contribution in [3.63, 3.8) is 0 Å². The Bertz CT molecular complexity index is 231. The molecule has 3 fully saturated rings. The Balaban J connectivity index is 1.91. The van der Waals surface area contributed by atoms with Crippen LogP contribution in [0.4, 0.5) is 0 Å². The van der Waals surface area contributed by atoms with E-state index in [9.17, 15) is 4.79 Å². The van der Waals surface area contributed by atoms with Gasteiger partial charge in [-0.25, -0.2) is 0 Å². The summed E-state index contributed by atoms with van der Waals surface area (Å²) in [5, 5.41) is 0. The van der Waals surface area contributed by atoms with E-state index in [0.717, 1.165) is 39.1 Å². The van der Waals surface area contributed by atoms with Crippen LogP contribution in [-0.2, 0) is 4.79 Å². The SMILES string of the molecule is C=CCCC(=O)C1CN2CCN1CC2. The largest absolute Gasteiger partial charge is 0.299 e. The highest BCUT2D eigenvalue weighted by molar-refractivity contribution is 5.84. The van der Waals surface area contributed by atoms with Gasteiger partial charge >= 0.3 is 0 Å². The summed E-state index contributed by atoms with van der Waals surface area (Å²) in [5.74, 6) is 0.398.